The average Bonchev–Trinajstić information content (AvgIpc) is 3.75. The van der Waals surface area contributed by atoms with Crippen molar-refractivity contribution in [1.82, 2.24) is 19.9 Å². The molecule has 3 aromatic rings. The van der Waals surface area contributed by atoms with E-state index >= 15 is 0 Å². The molecular weight excluding hydrogens is 564 g/mol. The van der Waals surface area contributed by atoms with Crippen LogP contribution in [0.5, 0.6) is 0 Å². The van der Waals surface area contributed by atoms with E-state index < -0.39 is 0 Å². The molecule has 1 atom stereocenters. The van der Waals surface area contributed by atoms with Gasteiger partial charge >= 0.3 is 11.9 Å². The highest BCUT2D eigenvalue weighted by molar-refractivity contribution is 6.25. The van der Waals surface area contributed by atoms with Gasteiger partial charge in [-0.1, -0.05) is 47.3 Å². The number of aryl methyl sites for hydroxylation is 3. The maximum Gasteiger partial charge on any atom is 0.340 e. The molecule has 2 aliphatic rings. The molecule has 8 nitrogen and oxygen atoms in total. The predicted octanol–water partition coefficient (Wildman–Crippen LogP) is 8.49. The van der Waals surface area contributed by atoms with E-state index in [0.717, 1.165) is 74.3 Å². The van der Waals surface area contributed by atoms with Gasteiger partial charge in [0.2, 0.25) is 0 Å². The molecular formula is C37H48N4O4. The van der Waals surface area contributed by atoms with E-state index in [1.165, 1.54) is 25.3 Å². The number of allylic oxidation sites excluding steroid dienone is 1. The van der Waals surface area contributed by atoms with Crippen LogP contribution in [0, 0.1) is 20.8 Å². The molecule has 5 rings (SSSR count). The van der Waals surface area contributed by atoms with Gasteiger partial charge in [-0.15, -0.1) is 0 Å². The quantitative estimate of drug-likeness (QED) is 0.286. The number of hydrogen-bond acceptors (Lipinski definition) is 6. The maximum absolute atomic E-state index is 12.9. The van der Waals surface area contributed by atoms with Crippen LogP contribution in [0.1, 0.15) is 104 Å². The van der Waals surface area contributed by atoms with Crippen molar-refractivity contribution in [2.75, 3.05) is 14.2 Å². The van der Waals surface area contributed by atoms with E-state index in [1.54, 1.807) is 6.92 Å². The van der Waals surface area contributed by atoms with Crippen molar-refractivity contribution in [2.45, 2.75) is 87.5 Å². The van der Waals surface area contributed by atoms with E-state index in [9.17, 15) is 9.59 Å². The lowest BCUT2D eigenvalue weighted by molar-refractivity contribution is -0.140. The highest BCUT2D eigenvalue weighted by Gasteiger charge is 2.28. The Morgan fingerprint density at radius 2 is 1.56 bits per heavy atom. The molecule has 0 amide bonds. The number of aromatic nitrogens is 4. The number of carbonyl (C=O) groups is 2. The van der Waals surface area contributed by atoms with Gasteiger partial charge in [0.25, 0.3) is 0 Å². The number of fused-ring (bicyclic) bond motifs is 8. The van der Waals surface area contributed by atoms with Crippen molar-refractivity contribution in [1.29, 1.82) is 0 Å². The topological polar surface area (TPSA) is 110 Å². The second-order valence-electron chi connectivity index (χ2n) is 11.0. The fourth-order valence-corrected chi connectivity index (χ4v) is 5.73. The lowest BCUT2D eigenvalue weighted by atomic mass is 9.99. The monoisotopic (exact) mass is 612 g/mol. The number of hydrogen-bond donors (Lipinski definition) is 2. The predicted molar refractivity (Wildman–Crippen MR) is 185 cm³/mol. The molecule has 8 bridgehead atoms. The van der Waals surface area contributed by atoms with Crippen molar-refractivity contribution >= 4 is 51.2 Å². The summed E-state index contributed by atoms with van der Waals surface area (Å²) >= 11 is 0. The normalized spacial score (nSPS) is 13.7. The number of nitrogens with one attached hydrogen (secondary N) is 2. The minimum atomic E-state index is -0.377. The average molecular weight is 613 g/mol. The van der Waals surface area contributed by atoms with Crippen LogP contribution in [0.3, 0.4) is 0 Å². The van der Waals surface area contributed by atoms with E-state index in [-0.39, 0.29) is 17.9 Å². The number of carbonyl (C=O) groups excluding carboxylic acids is 2. The highest BCUT2D eigenvalue weighted by atomic mass is 16.5. The second-order valence-corrected chi connectivity index (χ2v) is 11.0. The smallest absolute Gasteiger partial charge is 0.340 e. The van der Waals surface area contributed by atoms with Gasteiger partial charge in [-0.05, 0) is 86.6 Å². The Kier molecular flexibility index (Phi) is 11.7. The Labute approximate surface area is 267 Å². The van der Waals surface area contributed by atoms with Gasteiger partial charge in [-0.2, -0.15) is 0 Å². The molecule has 5 heterocycles. The summed E-state index contributed by atoms with van der Waals surface area (Å²) in [7, 11) is 2.80. The molecule has 0 saturated heterocycles. The first kappa shape index (κ1) is 35.0. The Morgan fingerprint density at radius 1 is 0.911 bits per heavy atom. The molecule has 0 aliphatic carbocycles. The van der Waals surface area contributed by atoms with E-state index in [1.807, 2.05) is 33.8 Å². The Bertz CT molecular complexity index is 1800. The first-order chi connectivity index (χ1) is 21.5. The summed E-state index contributed by atoms with van der Waals surface area (Å²) < 4.78 is 9.44. The molecule has 2 N–H and O–H groups in total. The lowest BCUT2D eigenvalue weighted by Gasteiger charge is -2.05. The summed E-state index contributed by atoms with van der Waals surface area (Å²) in [6.45, 7) is 22.4. The van der Waals surface area contributed by atoms with Gasteiger partial charge < -0.3 is 19.4 Å². The van der Waals surface area contributed by atoms with Crippen LogP contribution in [-0.4, -0.2) is 46.1 Å². The van der Waals surface area contributed by atoms with Crippen LogP contribution in [0.4, 0.5) is 0 Å². The summed E-state index contributed by atoms with van der Waals surface area (Å²) in [6, 6.07) is 6.36. The molecule has 1 unspecified atom stereocenters. The molecule has 0 radical (unpaired) electrons. The van der Waals surface area contributed by atoms with E-state index in [4.69, 9.17) is 14.7 Å². The molecule has 3 aromatic heterocycles. The van der Waals surface area contributed by atoms with Crippen LogP contribution >= 0.6 is 0 Å². The van der Waals surface area contributed by atoms with Crippen molar-refractivity contribution < 1.29 is 19.1 Å². The number of esters is 2. The SMILES string of the molecule is C=Cc1c(C)c2cc3nc(c(C)c4nc(cc5[nH]c(cc1[nH]2)c(C)c5CC)C(C)=C4C(=O)OC)CC3C.CC.CCC(=O)OC. The van der Waals surface area contributed by atoms with Gasteiger partial charge in [-0.25, -0.2) is 9.78 Å². The number of aromatic amines is 2. The molecule has 0 fully saturated rings. The van der Waals surface area contributed by atoms with Crippen LogP contribution in [0.15, 0.2) is 24.8 Å². The van der Waals surface area contributed by atoms with Gasteiger partial charge in [0.05, 0.1) is 31.2 Å². The first-order valence-corrected chi connectivity index (χ1v) is 15.7. The summed E-state index contributed by atoms with van der Waals surface area (Å²) in [5.74, 6) is -0.292. The number of H-pyrrole nitrogens is 2. The van der Waals surface area contributed by atoms with E-state index in [2.05, 4.69) is 67.2 Å². The summed E-state index contributed by atoms with van der Waals surface area (Å²) in [5, 5.41) is 0. The standard InChI is InChI=1S/C31H34N4O2.C4H8O2.C2H6/c1-9-20-16(4)24-12-22-15(3)11-23(32-22)19(7)30-29(31(36)37-8)18(6)26(35-30)14-28-21(10-2)17(5)25(34-28)13-27(20)33-24;1-3-4(5)6-2;1-2/h9,12-15,33-34H,1,10-11H2,2-8H3;3H2,1-2H3;1-2H3. The van der Waals surface area contributed by atoms with Crippen molar-refractivity contribution in [3.8, 4) is 0 Å². The molecule has 0 aromatic carbocycles. The fourth-order valence-electron chi connectivity index (χ4n) is 5.73. The maximum atomic E-state index is 12.9. The highest BCUT2D eigenvalue weighted by Crippen LogP contribution is 2.36. The minimum Gasteiger partial charge on any atom is -0.469 e. The summed E-state index contributed by atoms with van der Waals surface area (Å²) in [4.78, 5) is 40.1. The largest absolute Gasteiger partial charge is 0.469 e. The number of nitrogens with zero attached hydrogens (tertiary/aromatic N) is 2. The zero-order chi connectivity index (χ0) is 33.6. The van der Waals surface area contributed by atoms with Crippen molar-refractivity contribution in [2.24, 2.45) is 0 Å². The second kappa shape index (κ2) is 15.0. The minimum absolute atomic E-state index is 0.157. The zero-order valence-corrected chi connectivity index (χ0v) is 28.7. The summed E-state index contributed by atoms with van der Waals surface area (Å²) in [6.07, 6.45) is 4.04. The van der Waals surface area contributed by atoms with Gasteiger partial charge in [0.15, 0.2) is 0 Å². The van der Waals surface area contributed by atoms with Gasteiger partial charge in [0.1, 0.15) is 0 Å². The number of rotatable bonds is 4. The third kappa shape index (κ3) is 6.95. The fraction of sp³-hybridized carbons (Fsp3) is 0.405. The van der Waals surface area contributed by atoms with Crippen LogP contribution in [0.2, 0.25) is 0 Å². The van der Waals surface area contributed by atoms with Gasteiger partial charge in [0, 0.05) is 51.4 Å². The van der Waals surface area contributed by atoms with Crippen LogP contribution < -0.4 is 0 Å². The molecule has 0 saturated carbocycles. The Morgan fingerprint density at radius 3 is 2.11 bits per heavy atom. The third-order valence-corrected chi connectivity index (χ3v) is 8.43. The lowest BCUT2D eigenvalue weighted by Crippen LogP contribution is -2.05. The third-order valence-electron chi connectivity index (χ3n) is 8.43. The first-order valence-electron chi connectivity index (χ1n) is 15.7. The number of ether oxygens (including phenoxy) is 2. The van der Waals surface area contributed by atoms with Gasteiger partial charge in [-0.3, -0.25) is 9.78 Å². The number of methoxy groups -OCH3 is 2. The Balaban J connectivity index is 0.000000620. The van der Waals surface area contributed by atoms with Crippen molar-refractivity contribution in [3.05, 3.63) is 75.4 Å². The van der Waals surface area contributed by atoms with Crippen LogP contribution in [0.25, 0.3) is 39.3 Å². The Hall–Kier alpha value is -4.46. The molecule has 2 aliphatic heterocycles. The molecule has 45 heavy (non-hydrogen) atoms. The summed E-state index contributed by atoms with van der Waals surface area (Å²) in [5.41, 5.74) is 14.3. The molecule has 240 valence electrons. The van der Waals surface area contributed by atoms with E-state index in [0.29, 0.717) is 17.7 Å². The van der Waals surface area contributed by atoms with Crippen molar-refractivity contribution in [3.63, 3.8) is 0 Å². The zero-order valence-electron chi connectivity index (χ0n) is 28.7. The molecule has 0 spiro atoms. The van der Waals surface area contributed by atoms with Crippen LogP contribution in [-0.2, 0) is 31.9 Å². The molecule has 8 heteroatoms.